The first-order valence-corrected chi connectivity index (χ1v) is 12.9. The number of fused-ring (bicyclic) bond motifs is 1. The minimum Gasteiger partial charge on any atom is -0.487 e. The lowest BCUT2D eigenvalue weighted by atomic mass is 10.0. The fraction of sp³-hybridized carbons (Fsp3) is 0.241. The summed E-state index contributed by atoms with van der Waals surface area (Å²) in [5.41, 5.74) is 2.35. The standard InChI is InChI=1S/C29H26F3NO3S/c30-29(31,32)25-9-5-10-26-24(25)17-14-22(33-26)18-36-23-15-12-21(13-16-23)27(37-19-28(34)35)11-4-8-20-6-2-1-3-7-20/h1-3,5-7,9-10,12-17,27H,4,8,11,18-19H2,(H,34,35). The van der Waals surface area contributed by atoms with Crippen LogP contribution < -0.4 is 4.74 Å². The molecular weight excluding hydrogens is 499 g/mol. The number of pyridine rings is 1. The number of hydrogen-bond acceptors (Lipinski definition) is 4. The van der Waals surface area contributed by atoms with E-state index in [9.17, 15) is 18.0 Å². The molecule has 0 fully saturated rings. The summed E-state index contributed by atoms with van der Waals surface area (Å²) in [6, 6.07) is 24.6. The van der Waals surface area contributed by atoms with Crippen molar-refractivity contribution in [3.63, 3.8) is 0 Å². The Labute approximate surface area is 217 Å². The Morgan fingerprint density at radius 1 is 0.946 bits per heavy atom. The van der Waals surface area contributed by atoms with Crippen molar-refractivity contribution in [2.24, 2.45) is 0 Å². The van der Waals surface area contributed by atoms with E-state index in [1.165, 1.54) is 35.5 Å². The second-order valence-corrected chi connectivity index (χ2v) is 9.79. The quantitative estimate of drug-likeness (QED) is 0.217. The molecule has 0 saturated carbocycles. The van der Waals surface area contributed by atoms with E-state index in [1.54, 1.807) is 6.07 Å². The molecular formula is C29H26F3NO3S. The van der Waals surface area contributed by atoms with Crippen LogP contribution in [-0.2, 0) is 24.0 Å². The van der Waals surface area contributed by atoms with Crippen LogP contribution in [0.25, 0.3) is 10.9 Å². The highest BCUT2D eigenvalue weighted by Gasteiger charge is 2.32. The van der Waals surface area contributed by atoms with E-state index in [1.807, 2.05) is 42.5 Å². The summed E-state index contributed by atoms with van der Waals surface area (Å²) >= 11 is 1.41. The first kappa shape index (κ1) is 26.5. The normalized spacial score (nSPS) is 12.4. The van der Waals surface area contributed by atoms with Gasteiger partial charge in [-0.3, -0.25) is 4.79 Å². The number of nitrogens with zero attached hydrogens (tertiary/aromatic N) is 1. The largest absolute Gasteiger partial charge is 0.487 e. The molecule has 37 heavy (non-hydrogen) atoms. The van der Waals surface area contributed by atoms with Gasteiger partial charge in [0.1, 0.15) is 12.4 Å². The fourth-order valence-corrected chi connectivity index (χ4v) is 5.14. The molecule has 0 aliphatic rings. The van der Waals surface area contributed by atoms with Gasteiger partial charge in [-0.1, -0.05) is 54.6 Å². The molecule has 8 heteroatoms. The summed E-state index contributed by atoms with van der Waals surface area (Å²) in [6.45, 7) is 0.111. The number of rotatable bonds is 11. The average molecular weight is 526 g/mol. The molecule has 0 amide bonds. The number of hydrogen-bond donors (Lipinski definition) is 1. The topological polar surface area (TPSA) is 59.4 Å². The van der Waals surface area contributed by atoms with Gasteiger partial charge >= 0.3 is 12.1 Å². The molecule has 1 aromatic heterocycles. The van der Waals surface area contributed by atoms with Crippen molar-refractivity contribution in [3.8, 4) is 5.75 Å². The van der Waals surface area contributed by atoms with Crippen LogP contribution in [0.1, 0.15) is 40.5 Å². The van der Waals surface area contributed by atoms with Gasteiger partial charge in [0.05, 0.1) is 22.5 Å². The van der Waals surface area contributed by atoms with Crippen molar-refractivity contribution in [1.29, 1.82) is 0 Å². The van der Waals surface area contributed by atoms with Gasteiger partial charge in [-0.15, -0.1) is 11.8 Å². The van der Waals surface area contributed by atoms with Gasteiger partial charge in [0, 0.05) is 10.6 Å². The Bertz CT molecular complexity index is 1330. The van der Waals surface area contributed by atoms with Crippen molar-refractivity contribution in [3.05, 3.63) is 107 Å². The third kappa shape index (κ3) is 7.49. The molecule has 1 heterocycles. The minimum atomic E-state index is -4.44. The van der Waals surface area contributed by atoms with Crippen LogP contribution in [0.5, 0.6) is 5.75 Å². The van der Waals surface area contributed by atoms with Gasteiger partial charge in [0.15, 0.2) is 0 Å². The van der Waals surface area contributed by atoms with Gasteiger partial charge in [0.25, 0.3) is 0 Å². The third-order valence-corrected chi connectivity index (χ3v) is 7.24. The predicted molar refractivity (Wildman–Crippen MR) is 140 cm³/mol. The number of carbonyl (C=O) groups is 1. The second-order valence-electron chi connectivity index (χ2n) is 8.60. The summed E-state index contributed by atoms with van der Waals surface area (Å²) in [7, 11) is 0. The van der Waals surface area contributed by atoms with Crippen LogP contribution in [-0.4, -0.2) is 21.8 Å². The second kappa shape index (κ2) is 12.1. The average Bonchev–Trinajstić information content (AvgIpc) is 2.89. The Hall–Kier alpha value is -3.52. The maximum atomic E-state index is 13.2. The van der Waals surface area contributed by atoms with E-state index < -0.39 is 17.7 Å². The first-order valence-electron chi connectivity index (χ1n) is 11.9. The summed E-state index contributed by atoms with van der Waals surface area (Å²) in [6.07, 6.45) is -1.74. The summed E-state index contributed by atoms with van der Waals surface area (Å²) in [4.78, 5) is 15.5. The van der Waals surface area contributed by atoms with E-state index in [0.717, 1.165) is 30.9 Å². The predicted octanol–water partition coefficient (Wildman–Crippen LogP) is 7.71. The number of aliphatic carboxylic acids is 1. The number of carboxylic acid groups (broad SMARTS) is 1. The van der Waals surface area contributed by atoms with Crippen molar-refractivity contribution >= 4 is 28.6 Å². The molecule has 1 unspecified atom stereocenters. The Balaban J connectivity index is 1.39. The molecule has 4 nitrogen and oxygen atoms in total. The van der Waals surface area contributed by atoms with Crippen molar-refractivity contribution in [1.82, 2.24) is 4.98 Å². The smallest absolute Gasteiger partial charge is 0.417 e. The van der Waals surface area contributed by atoms with Gasteiger partial charge < -0.3 is 9.84 Å². The van der Waals surface area contributed by atoms with E-state index in [4.69, 9.17) is 9.84 Å². The molecule has 4 rings (SSSR count). The van der Waals surface area contributed by atoms with E-state index in [0.29, 0.717) is 11.4 Å². The van der Waals surface area contributed by atoms with Crippen LogP contribution in [0.2, 0.25) is 0 Å². The zero-order valence-corrected chi connectivity index (χ0v) is 20.8. The maximum absolute atomic E-state index is 13.2. The number of ether oxygens (including phenoxy) is 1. The zero-order valence-electron chi connectivity index (χ0n) is 19.9. The third-order valence-electron chi connectivity index (χ3n) is 5.92. The lowest BCUT2D eigenvalue weighted by Gasteiger charge is -2.17. The number of thioether (sulfide) groups is 1. The molecule has 0 aliphatic carbocycles. The van der Waals surface area contributed by atoms with Gasteiger partial charge in [0.2, 0.25) is 0 Å². The minimum absolute atomic E-state index is 0.0257. The van der Waals surface area contributed by atoms with Crippen molar-refractivity contribution in [2.75, 3.05) is 5.75 Å². The van der Waals surface area contributed by atoms with Crippen molar-refractivity contribution < 1.29 is 27.8 Å². The number of halogens is 3. The lowest BCUT2D eigenvalue weighted by Crippen LogP contribution is -2.06. The molecule has 0 spiro atoms. The number of aryl methyl sites for hydroxylation is 1. The molecule has 192 valence electrons. The lowest BCUT2D eigenvalue weighted by molar-refractivity contribution is -0.136. The number of carboxylic acids is 1. The van der Waals surface area contributed by atoms with E-state index in [-0.39, 0.29) is 28.5 Å². The molecule has 0 bridgehead atoms. The summed E-state index contributed by atoms with van der Waals surface area (Å²) < 4.78 is 45.5. The number of aromatic nitrogens is 1. The monoisotopic (exact) mass is 525 g/mol. The van der Waals surface area contributed by atoms with E-state index >= 15 is 0 Å². The molecule has 0 saturated heterocycles. The molecule has 0 radical (unpaired) electrons. The maximum Gasteiger partial charge on any atom is 0.417 e. The molecule has 0 aliphatic heterocycles. The van der Waals surface area contributed by atoms with Crippen LogP contribution in [0.4, 0.5) is 13.2 Å². The first-order chi connectivity index (χ1) is 17.8. The summed E-state index contributed by atoms with van der Waals surface area (Å²) in [5, 5.41) is 9.25. The van der Waals surface area contributed by atoms with Crippen LogP contribution in [0.15, 0.2) is 84.9 Å². The number of benzene rings is 3. The number of alkyl halides is 3. The Morgan fingerprint density at radius 3 is 2.41 bits per heavy atom. The fourth-order valence-electron chi connectivity index (χ4n) is 4.12. The van der Waals surface area contributed by atoms with Gasteiger partial charge in [-0.05, 0) is 60.7 Å². The molecule has 3 aromatic carbocycles. The molecule has 1 N–H and O–H groups in total. The van der Waals surface area contributed by atoms with Crippen molar-refractivity contribution in [2.45, 2.75) is 37.3 Å². The van der Waals surface area contributed by atoms with E-state index in [2.05, 4.69) is 17.1 Å². The van der Waals surface area contributed by atoms with Gasteiger partial charge in [-0.25, -0.2) is 4.98 Å². The van der Waals surface area contributed by atoms with Gasteiger partial charge in [-0.2, -0.15) is 13.2 Å². The zero-order chi connectivity index (χ0) is 26.3. The summed E-state index contributed by atoms with van der Waals surface area (Å²) in [5.74, 6) is -0.220. The highest BCUT2D eigenvalue weighted by atomic mass is 32.2. The van der Waals surface area contributed by atoms with Crippen LogP contribution in [0.3, 0.4) is 0 Å². The Kier molecular flexibility index (Phi) is 8.71. The highest BCUT2D eigenvalue weighted by Crippen LogP contribution is 2.35. The van der Waals surface area contributed by atoms with Crippen LogP contribution >= 0.6 is 11.8 Å². The SMILES string of the molecule is O=C(O)CSC(CCCc1ccccc1)c1ccc(OCc2ccc3c(C(F)(F)F)cccc3n2)cc1. The Morgan fingerprint density at radius 2 is 1.70 bits per heavy atom. The van der Waals surface area contributed by atoms with Crippen LogP contribution in [0, 0.1) is 0 Å². The highest BCUT2D eigenvalue weighted by molar-refractivity contribution is 8.00. The molecule has 4 aromatic rings. The molecule has 1 atom stereocenters.